The van der Waals surface area contributed by atoms with E-state index in [2.05, 4.69) is 6.07 Å². The van der Waals surface area contributed by atoms with E-state index < -0.39 is 29.8 Å². The van der Waals surface area contributed by atoms with E-state index in [1.165, 1.54) is 12.1 Å². The molecule has 1 aromatic carbocycles. The third-order valence-corrected chi connectivity index (χ3v) is 7.36. The van der Waals surface area contributed by atoms with Gasteiger partial charge in [-0.3, -0.25) is 14.5 Å². The lowest BCUT2D eigenvalue weighted by molar-refractivity contribution is -0.141. The van der Waals surface area contributed by atoms with Gasteiger partial charge in [0.05, 0.1) is 24.2 Å². The van der Waals surface area contributed by atoms with Crippen LogP contribution in [0.3, 0.4) is 0 Å². The number of carbonyl (C=O) groups is 2. The molecule has 2 N–H and O–H groups in total. The summed E-state index contributed by atoms with van der Waals surface area (Å²) in [6.45, 7) is 2.59. The van der Waals surface area contributed by atoms with E-state index >= 15 is 0 Å². The molecule has 9 heteroatoms. The van der Waals surface area contributed by atoms with Crippen LogP contribution >= 0.6 is 0 Å². The minimum atomic E-state index is -0.787. The molecule has 3 saturated heterocycles. The molecule has 1 aromatic rings. The molecule has 1 saturated carbocycles. The van der Waals surface area contributed by atoms with Gasteiger partial charge in [-0.2, -0.15) is 5.26 Å². The third kappa shape index (κ3) is 3.29. The zero-order chi connectivity index (χ0) is 22.0. The minimum Gasteiger partial charge on any atom is -0.330 e. The van der Waals surface area contributed by atoms with Crippen LogP contribution in [0.1, 0.15) is 37.8 Å². The fourth-order valence-corrected chi connectivity index (χ4v) is 5.79. The van der Waals surface area contributed by atoms with Crippen molar-refractivity contribution in [1.82, 2.24) is 14.7 Å². The van der Waals surface area contributed by atoms with E-state index in [1.807, 2.05) is 4.90 Å². The molecule has 1 aliphatic carbocycles. The Bertz CT molecular complexity index is 961. The molecule has 2 amide bonds. The highest BCUT2D eigenvalue weighted by molar-refractivity contribution is 5.87. The van der Waals surface area contributed by atoms with E-state index in [0.29, 0.717) is 24.4 Å². The number of rotatable bonds is 5. The van der Waals surface area contributed by atoms with Gasteiger partial charge in [0.25, 0.3) is 0 Å². The lowest BCUT2D eigenvalue weighted by atomic mass is 10.0. The Balaban J connectivity index is 1.24. The highest BCUT2D eigenvalue weighted by Crippen LogP contribution is 2.48. The zero-order valence-corrected chi connectivity index (χ0v) is 17.2. The first-order chi connectivity index (χ1) is 14.8. The fraction of sp³-hybridized carbons (Fsp3) is 0.591. The number of hydrogen-bond donors (Lipinski definition) is 1. The first-order valence-corrected chi connectivity index (χ1v) is 10.8. The van der Waals surface area contributed by atoms with Gasteiger partial charge in [-0.15, -0.1) is 0 Å². The molecular formula is C22H25F2N5O2. The van der Waals surface area contributed by atoms with Gasteiger partial charge in [0, 0.05) is 31.2 Å². The number of carbonyl (C=O) groups excluding carboxylic acids is 2. The average Bonchev–Trinajstić information content (AvgIpc) is 3.05. The molecule has 0 aromatic heterocycles. The van der Waals surface area contributed by atoms with Gasteiger partial charge < -0.3 is 15.5 Å². The number of piperazine rings is 1. The number of nitrogens with two attached hydrogens (primary N) is 1. The van der Waals surface area contributed by atoms with Crippen LogP contribution in [0.25, 0.3) is 0 Å². The van der Waals surface area contributed by atoms with Crippen LogP contribution in [-0.4, -0.2) is 69.8 Å². The molecule has 7 atom stereocenters. The van der Waals surface area contributed by atoms with E-state index in [0.717, 1.165) is 18.9 Å². The number of amides is 2. The SMILES string of the molecule is C[C@H](c1cc(F)cc(F)c1)N1C(=O)[C@@H]2CC1CN2C[C@H](N)C(=O)N1C2C[C@H]2C[C@H]1C#N. The Morgan fingerprint density at radius 3 is 2.61 bits per heavy atom. The summed E-state index contributed by atoms with van der Waals surface area (Å²) in [7, 11) is 0. The molecule has 0 spiro atoms. The van der Waals surface area contributed by atoms with E-state index in [9.17, 15) is 23.6 Å². The quantitative estimate of drug-likeness (QED) is 0.758. The topological polar surface area (TPSA) is 93.7 Å². The van der Waals surface area contributed by atoms with Crippen molar-refractivity contribution in [2.45, 2.75) is 62.4 Å². The summed E-state index contributed by atoms with van der Waals surface area (Å²) in [6.07, 6.45) is 2.27. The van der Waals surface area contributed by atoms with Crippen molar-refractivity contribution < 1.29 is 18.4 Å². The van der Waals surface area contributed by atoms with Crippen molar-refractivity contribution in [3.63, 3.8) is 0 Å². The van der Waals surface area contributed by atoms with Gasteiger partial charge in [0.2, 0.25) is 11.8 Å². The van der Waals surface area contributed by atoms with Crippen molar-refractivity contribution in [2.75, 3.05) is 13.1 Å². The van der Waals surface area contributed by atoms with Crippen molar-refractivity contribution in [2.24, 2.45) is 11.7 Å². The smallest absolute Gasteiger partial charge is 0.242 e. The fourth-order valence-electron chi connectivity index (χ4n) is 5.79. The Labute approximate surface area is 179 Å². The van der Waals surface area contributed by atoms with Gasteiger partial charge in [0.1, 0.15) is 17.7 Å². The zero-order valence-electron chi connectivity index (χ0n) is 17.2. The van der Waals surface area contributed by atoms with Crippen molar-refractivity contribution in [1.29, 1.82) is 5.26 Å². The van der Waals surface area contributed by atoms with Gasteiger partial charge in [-0.05, 0) is 49.8 Å². The van der Waals surface area contributed by atoms with Gasteiger partial charge >= 0.3 is 0 Å². The summed E-state index contributed by atoms with van der Waals surface area (Å²) in [4.78, 5) is 31.2. The molecule has 164 valence electrons. The Hall–Kier alpha value is -2.57. The van der Waals surface area contributed by atoms with Crippen molar-refractivity contribution in [3.05, 3.63) is 35.4 Å². The second-order valence-corrected chi connectivity index (χ2v) is 9.28. The first kappa shape index (κ1) is 20.3. The maximum Gasteiger partial charge on any atom is 0.242 e. The number of nitriles is 1. The summed E-state index contributed by atoms with van der Waals surface area (Å²) in [6, 6.07) is 3.56. The summed E-state index contributed by atoms with van der Waals surface area (Å²) >= 11 is 0. The van der Waals surface area contributed by atoms with Crippen LogP contribution in [0.15, 0.2) is 18.2 Å². The second-order valence-electron chi connectivity index (χ2n) is 9.28. The Morgan fingerprint density at radius 1 is 1.26 bits per heavy atom. The first-order valence-electron chi connectivity index (χ1n) is 10.8. The summed E-state index contributed by atoms with van der Waals surface area (Å²) in [5, 5.41) is 9.33. The van der Waals surface area contributed by atoms with E-state index in [1.54, 1.807) is 16.7 Å². The summed E-state index contributed by atoms with van der Waals surface area (Å²) in [5.74, 6) is -1.23. The number of halogens is 2. The summed E-state index contributed by atoms with van der Waals surface area (Å²) in [5.41, 5.74) is 6.64. The predicted octanol–water partition coefficient (Wildman–Crippen LogP) is 1.15. The van der Waals surface area contributed by atoms with Gasteiger partial charge in [-0.25, -0.2) is 8.78 Å². The van der Waals surface area contributed by atoms with Crippen LogP contribution in [0, 0.1) is 28.9 Å². The number of nitrogens with zero attached hydrogens (tertiary/aromatic N) is 4. The molecular weight excluding hydrogens is 404 g/mol. The lowest BCUT2D eigenvalue weighted by Gasteiger charge is -2.38. The normalized spacial score (nSPS) is 33.4. The van der Waals surface area contributed by atoms with Crippen LogP contribution in [0.5, 0.6) is 0 Å². The molecule has 5 rings (SSSR count). The number of benzene rings is 1. The minimum absolute atomic E-state index is 0.0902. The molecule has 7 nitrogen and oxygen atoms in total. The van der Waals surface area contributed by atoms with Crippen molar-refractivity contribution in [3.8, 4) is 6.07 Å². The molecule has 2 unspecified atom stereocenters. The van der Waals surface area contributed by atoms with Gasteiger partial charge in [-0.1, -0.05) is 0 Å². The molecule has 31 heavy (non-hydrogen) atoms. The molecule has 2 bridgehead atoms. The average molecular weight is 429 g/mol. The van der Waals surface area contributed by atoms with Crippen LogP contribution < -0.4 is 5.73 Å². The summed E-state index contributed by atoms with van der Waals surface area (Å²) < 4.78 is 27.3. The number of piperidine rings is 1. The number of likely N-dealkylation sites (tertiary alicyclic amines) is 3. The maximum absolute atomic E-state index is 13.6. The lowest BCUT2D eigenvalue weighted by Crippen LogP contribution is -2.57. The van der Waals surface area contributed by atoms with E-state index in [-0.39, 0.29) is 36.5 Å². The predicted molar refractivity (Wildman–Crippen MR) is 106 cm³/mol. The highest BCUT2D eigenvalue weighted by atomic mass is 19.1. The van der Waals surface area contributed by atoms with Crippen LogP contribution in [-0.2, 0) is 9.59 Å². The van der Waals surface area contributed by atoms with Crippen molar-refractivity contribution >= 4 is 11.8 Å². The number of fused-ring (bicyclic) bond motifs is 3. The molecule has 4 aliphatic rings. The Kier molecular flexibility index (Phi) is 4.75. The monoisotopic (exact) mass is 429 g/mol. The maximum atomic E-state index is 13.6. The molecule has 3 heterocycles. The second kappa shape index (κ2) is 7.24. The standard InChI is InChI=1S/C22H25F2N5O2/c1-11(12-2-14(23)6-15(24)3-12)28-17-7-20(22(28)31)27(9-17)10-18(26)21(30)29-16(8-25)4-13-5-19(13)29/h2-3,6,11,13,16-20H,4-5,7,9-10,26H2,1H3/t11-,13-,16+,17?,18+,19?,20+/m1/s1. The molecule has 0 radical (unpaired) electrons. The van der Waals surface area contributed by atoms with Crippen LogP contribution in [0.4, 0.5) is 8.78 Å². The largest absolute Gasteiger partial charge is 0.330 e. The third-order valence-electron chi connectivity index (χ3n) is 7.36. The van der Waals surface area contributed by atoms with Crippen LogP contribution in [0.2, 0.25) is 0 Å². The van der Waals surface area contributed by atoms with E-state index in [4.69, 9.17) is 5.73 Å². The van der Waals surface area contributed by atoms with Gasteiger partial charge in [0.15, 0.2) is 0 Å². The highest BCUT2D eigenvalue weighted by Gasteiger charge is 2.56. The molecule has 4 fully saturated rings. The number of hydrogen-bond acceptors (Lipinski definition) is 5. The Morgan fingerprint density at radius 2 is 1.97 bits per heavy atom. The molecule has 3 aliphatic heterocycles.